The van der Waals surface area contributed by atoms with Gasteiger partial charge in [0.15, 0.2) is 5.96 Å². The van der Waals surface area contributed by atoms with Crippen molar-refractivity contribution in [3.05, 3.63) is 59.7 Å². The SMILES string of the molecule is CCNC(=NCCc1cccc(C(=O)NC)c1)Nc1cccc(OCCCOC)c1.I. The number of guanidine groups is 1. The largest absolute Gasteiger partial charge is 0.493 e. The summed E-state index contributed by atoms with van der Waals surface area (Å²) in [5.41, 5.74) is 2.63. The molecule has 170 valence electrons. The number of hydrogen-bond donors (Lipinski definition) is 3. The number of benzene rings is 2. The zero-order valence-corrected chi connectivity index (χ0v) is 20.8. The molecule has 0 fully saturated rings. The van der Waals surface area contributed by atoms with Crippen molar-refractivity contribution in [2.24, 2.45) is 4.99 Å². The number of anilines is 1. The van der Waals surface area contributed by atoms with Crippen LogP contribution < -0.4 is 20.7 Å². The highest BCUT2D eigenvalue weighted by Crippen LogP contribution is 2.17. The molecule has 0 bridgehead atoms. The maximum absolute atomic E-state index is 11.8. The number of carbonyl (C=O) groups excluding carboxylic acids is 1. The summed E-state index contributed by atoms with van der Waals surface area (Å²) in [6.07, 6.45) is 1.59. The molecule has 7 nitrogen and oxygen atoms in total. The number of carbonyl (C=O) groups is 1. The Morgan fingerprint density at radius 2 is 1.90 bits per heavy atom. The van der Waals surface area contributed by atoms with Crippen LogP contribution in [-0.2, 0) is 11.2 Å². The first-order valence-corrected chi connectivity index (χ1v) is 10.2. The standard InChI is InChI=1S/C23H32N4O3.HI/c1-4-25-23(26-13-12-18-8-5-9-19(16-18)22(28)24-2)27-20-10-6-11-21(17-20)30-15-7-14-29-3;/h5-6,8-11,16-17H,4,7,12-15H2,1-3H3,(H,24,28)(H2,25,26,27);1H. The lowest BCUT2D eigenvalue weighted by Crippen LogP contribution is -2.30. The van der Waals surface area contributed by atoms with E-state index in [1.54, 1.807) is 14.2 Å². The van der Waals surface area contributed by atoms with Crippen LogP contribution >= 0.6 is 24.0 Å². The van der Waals surface area contributed by atoms with E-state index in [0.29, 0.717) is 31.3 Å². The fraction of sp³-hybridized carbons (Fsp3) is 0.391. The van der Waals surface area contributed by atoms with Crippen LogP contribution in [0, 0.1) is 0 Å². The third-order valence-corrected chi connectivity index (χ3v) is 4.29. The van der Waals surface area contributed by atoms with Crippen LogP contribution in [0.1, 0.15) is 29.3 Å². The van der Waals surface area contributed by atoms with Crippen LogP contribution in [0.15, 0.2) is 53.5 Å². The predicted molar refractivity (Wildman–Crippen MR) is 137 cm³/mol. The molecule has 31 heavy (non-hydrogen) atoms. The third kappa shape index (κ3) is 10.0. The molecular formula is C23H33IN4O3. The summed E-state index contributed by atoms with van der Waals surface area (Å²) in [4.78, 5) is 16.4. The first-order chi connectivity index (χ1) is 14.7. The third-order valence-electron chi connectivity index (χ3n) is 4.29. The average molecular weight is 540 g/mol. The number of halogens is 1. The maximum atomic E-state index is 11.8. The van der Waals surface area contributed by atoms with Crippen molar-refractivity contribution < 1.29 is 14.3 Å². The summed E-state index contributed by atoms with van der Waals surface area (Å²) in [7, 11) is 3.32. The Bertz CT molecular complexity index is 830. The minimum Gasteiger partial charge on any atom is -0.493 e. The molecule has 2 aromatic carbocycles. The zero-order valence-electron chi connectivity index (χ0n) is 18.4. The number of nitrogens with zero attached hydrogens (tertiary/aromatic N) is 1. The molecule has 0 aliphatic rings. The molecule has 8 heteroatoms. The van der Waals surface area contributed by atoms with Crippen molar-refractivity contribution in [3.63, 3.8) is 0 Å². The van der Waals surface area contributed by atoms with E-state index in [-0.39, 0.29) is 29.9 Å². The minimum absolute atomic E-state index is 0. The van der Waals surface area contributed by atoms with Gasteiger partial charge in [0.05, 0.1) is 6.61 Å². The topological polar surface area (TPSA) is 84.0 Å². The van der Waals surface area contributed by atoms with Gasteiger partial charge in [-0.1, -0.05) is 18.2 Å². The molecule has 2 rings (SSSR count). The van der Waals surface area contributed by atoms with Crippen LogP contribution in [0.5, 0.6) is 5.75 Å². The normalized spacial score (nSPS) is 10.7. The fourth-order valence-corrected chi connectivity index (χ4v) is 2.81. The van der Waals surface area contributed by atoms with Gasteiger partial charge in [-0.25, -0.2) is 0 Å². The lowest BCUT2D eigenvalue weighted by Gasteiger charge is -2.13. The van der Waals surface area contributed by atoms with Gasteiger partial charge in [0.2, 0.25) is 0 Å². The van der Waals surface area contributed by atoms with Crippen molar-refractivity contribution in [3.8, 4) is 5.75 Å². The van der Waals surface area contributed by atoms with Crippen molar-refractivity contribution in [2.45, 2.75) is 19.8 Å². The van der Waals surface area contributed by atoms with Crippen molar-refractivity contribution in [2.75, 3.05) is 45.8 Å². The first kappa shape index (κ1) is 26.7. The number of ether oxygens (including phenoxy) is 2. The molecule has 0 aliphatic carbocycles. The molecule has 0 unspecified atom stereocenters. The Kier molecular flexibility index (Phi) is 13.3. The van der Waals surface area contributed by atoms with Gasteiger partial charge < -0.3 is 25.4 Å². The van der Waals surface area contributed by atoms with E-state index in [2.05, 4.69) is 20.9 Å². The molecule has 0 atom stereocenters. The molecular weight excluding hydrogens is 507 g/mol. The highest BCUT2D eigenvalue weighted by atomic mass is 127. The number of amides is 1. The van der Waals surface area contributed by atoms with Crippen LogP contribution in [0.25, 0.3) is 0 Å². The van der Waals surface area contributed by atoms with Gasteiger partial charge in [-0.15, -0.1) is 24.0 Å². The minimum atomic E-state index is -0.0836. The van der Waals surface area contributed by atoms with E-state index in [4.69, 9.17) is 9.47 Å². The van der Waals surface area contributed by atoms with Gasteiger partial charge in [0.1, 0.15) is 5.75 Å². The Morgan fingerprint density at radius 1 is 1.10 bits per heavy atom. The van der Waals surface area contributed by atoms with E-state index in [1.165, 1.54) is 0 Å². The monoisotopic (exact) mass is 540 g/mol. The van der Waals surface area contributed by atoms with Gasteiger partial charge in [0.25, 0.3) is 5.91 Å². The summed E-state index contributed by atoms with van der Waals surface area (Å²) in [6.45, 7) is 4.67. The smallest absolute Gasteiger partial charge is 0.251 e. The Balaban J connectivity index is 0.00000480. The quantitative estimate of drug-likeness (QED) is 0.175. The van der Waals surface area contributed by atoms with Crippen LogP contribution in [-0.4, -0.2) is 52.3 Å². The van der Waals surface area contributed by atoms with Gasteiger partial charge >= 0.3 is 0 Å². The van der Waals surface area contributed by atoms with Gasteiger partial charge in [-0.3, -0.25) is 9.79 Å². The molecule has 1 amide bonds. The number of aliphatic imine (C=N–C) groups is 1. The fourth-order valence-electron chi connectivity index (χ4n) is 2.81. The van der Waals surface area contributed by atoms with Crippen LogP contribution in [0.2, 0.25) is 0 Å². The number of hydrogen-bond acceptors (Lipinski definition) is 4. The van der Waals surface area contributed by atoms with E-state index >= 15 is 0 Å². The molecule has 0 aliphatic heterocycles. The van der Waals surface area contributed by atoms with Gasteiger partial charge in [0, 0.05) is 57.6 Å². The summed E-state index contributed by atoms with van der Waals surface area (Å²) < 4.78 is 10.8. The lowest BCUT2D eigenvalue weighted by atomic mass is 10.1. The lowest BCUT2D eigenvalue weighted by molar-refractivity contribution is 0.0963. The second kappa shape index (κ2) is 15.5. The van der Waals surface area contributed by atoms with Gasteiger partial charge in [-0.2, -0.15) is 0 Å². The van der Waals surface area contributed by atoms with Crippen LogP contribution in [0.4, 0.5) is 5.69 Å². The summed E-state index contributed by atoms with van der Waals surface area (Å²) in [5.74, 6) is 1.43. The maximum Gasteiger partial charge on any atom is 0.251 e. The van der Waals surface area contributed by atoms with Crippen LogP contribution in [0.3, 0.4) is 0 Å². The number of rotatable bonds is 11. The zero-order chi connectivity index (χ0) is 21.6. The average Bonchev–Trinajstić information content (AvgIpc) is 2.77. The van der Waals surface area contributed by atoms with Gasteiger partial charge in [-0.05, 0) is 43.2 Å². The Hall–Kier alpha value is -2.33. The molecule has 0 radical (unpaired) electrons. The van der Waals surface area contributed by atoms with E-state index in [0.717, 1.165) is 36.4 Å². The highest BCUT2D eigenvalue weighted by Gasteiger charge is 2.04. The summed E-state index contributed by atoms with van der Waals surface area (Å²) in [5, 5.41) is 9.22. The second-order valence-electron chi connectivity index (χ2n) is 6.64. The number of nitrogens with one attached hydrogen (secondary N) is 3. The van der Waals surface area contributed by atoms with Crippen molar-refractivity contribution in [1.82, 2.24) is 10.6 Å². The summed E-state index contributed by atoms with van der Waals surface area (Å²) in [6, 6.07) is 15.4. The molecule has 0 heterocycles. The Morgan fingerprint density at radius 3 is 2.65 bits per heavy atom. The molecule has 0 aromatic heterocycles. The van der Waals surface area contributed by atoms with E-state index < -0.39 is 0 Å². The van der Waals surface area contributed by atoms with E-state index in [9.17, 15) is 4.79 Å². The highest BCUT2D eigenvalue weighted by molar-refractivity contribution is 14.0. The first-order valence-electron chi connectivity index (χ1n) is 10.2. The Labute approximate surface area is 202 Å². The molecule has 0 spiro atoms. The molecule has 3 N–H and O–H groups in total. The molecule has 2 aromatic rings. The van der Waals surface area contributed by atoms with Crippen molar-refractivity contribution >= 4 is 41.5 Å². The predicted octanol–water partition coefficient (Wildman–Crippen LogP) is 3.70. The van der Waals surface area contributed by atoms with E-state index in [1.807, 2.05) is 55.5 Å². The molecule has 0 saturated heterocycles. The second-order valence-corrected chi connectivity index (χ2v) is 6.64. The number of methoxy groups -OCH3 is 1. The van der Waals surface area contributed by atoms with Crippen molar-refractivity contribution in [1.29, 1.82) is 0 Å². The summed E-state index contributed by atoms with van der Waals surface area (Å²) >= 11 is 0. The molecule has 0 saturated carbocycles.